The Kier molecular flexibility index (Phi) is 13.3. The van der Waals surface area contributed by atoms with Crippen molar-refractivity contribution >= 4 is 0 Å². The Morgan fingerprint density at radius 2 is 1.90 bits per heavy atom. The maximum Gasteiger partial charge on any atom is 1.00 e. The van der Waals surface area contributed by atoms with Gasteiger partial charge in [0.2, 0.25) is 0 Å². The van der Waals surface area contributed by atoms with E-state index >= 15 is 0 Å². The van der Waals surface area contributed by atoms with Crippen LogP contribution in [0.15, 0.2) is 0 Å². The Balaban J connectivity index is 0. The number of nitrogens with two attached hydrogens (primary N) is 2. The maximum absolute atomic E-state index is 10.1. The van der Waals surface area contributed by atoms with Crippen molar-refractivity contribution in [1.82, 2.24) is 0 Å². The van der Waals surface area contributed by atoms with Crippen LogP contribution >= 0.6 is 0 Å². The van der Waals surface area contributed by atoms with Gasteiger partial charge < -0.3 is 16.6 Å². The molecule has 4 N–H and O–H groups in total. The summed E-state index contributed by atoms with van der Waals surface area (Å²) in [5, 5.41) is 10.1. The first-order valence-corrected chi connectivity index (χ1v) is 3.35. The third-order valence-electron chi connectivity index (χ3n) is 1.24. The number of hydrogen-bond acceptors (Lipinski definition) is 3. The monoisotopic (exact) mass is 154 g/mol. The van der Waals surface area contributed by atoms with E-state index < -0.39 is 0 Å². The van der Waals surface area contributed by atoms with E-state index in [1.807, 2.05) is 0 Å². The minimum absolute atomic E-state index is 0. The first kappa shape index (κ1) is 13.5. The summed E-state index contributed by atoms with van der Waals surface area (Å²) in [6, 6.07) is -0.156. The van der Waals surface area contributed by atoms with E-state index in [4.69, 9.17) is 11.5 Å². The summed E-state index contributed by atoms with van der Waals surface area (Å²) in [6.07, 6.45) is 2.79. The second-order valence-electron chi connectivity index (χ2n) is 2.21. The molecule has 0 fully saturated rings. The molecule has 0 aromatic rings. The van der Waals surface area contributed by atoms with Gasteiger partial charge in [-0.3, -0.25) is 0 Å². The van der Waals surface area contributed by atoms with Crippen LogP contribution in [0.2, 0.25) is 0 Å². The first-order chi connectivity index (χ1) is 4.31. The molecule has 56 valence electrons. The standard InChI is InChI=1S/C6H15N2O.Na/c7-4-2-1-3-6(8)5-9;/h6H,1-5,7-8H2;/q-1;+1/t6-;/m0./s1. The molecule has 0 rings (SSSR count). The summed E-state index contributed by atoms with van der Waals surface area (Å²) in [4.78, 5) is 0. The van der Waals surface area contributed by atoms with Gasteiger partial charge in [0.15, 0.2) is 0 Å². The molecular formula is C6H15N2NaO. The molecule has 0 radical (unpaired) electrons. The topological polar surface area (TPSA) is 75.1 Å². The smallest absolute Gasteiger partial charge is 0.853 e. The Labute approximate surface area is 84.5 Å². The number of rotatable bonds is 5. The largest absolute Gasteiger partial charge is 1.00 e. The first-order valence-electron chi connectivity index (χ1n) is 3.35. The molecule has 0 spiro atoms. The van der Waals surface area contributed by atoms with Gasteiger partial charge in [0.05, 0.1) is 0 Å². The van der Waals surface area contributed by atoms with Gasteiger partial charge in [-0.25, -0.2) is 0 Å². The Morgan fingerprint density at radius 1 is 1.30 bits per heavy atom. The van der Waals surface area contributed by atoms with E-state index in [2.05, 4.69) is 0 Å². The molecule has 3 nitrogen and oxygen atoms in total. The Bertz CT molecular complexity index is 63.7. The van der Waals surface area contributed by atoms with Crippen LogP contribution in [0.4, 0.5) is 0 Å². The van der Waals surface area contributed by atoms with Gasteiger partial charge in [-0.15, -0.1) is 6.61 Å². The molecule has 1 atom stereocenters. The quantitative estimate of drug-likeness (QED) is 0.311. The third-order valence-corrected chi connectivity index (χ3v) is 1.24. The second-order valence-corrected chi connectivity index (χ2v) is 2.21. The van der Waals surface area contributed by atoms with Crippen LogP contribution in [0.5, 0.6) is 0 Å². The van der Waals surface area contributed by atoms with Gasteiger partial charge >= 0.3 is 29.6 Å². The SMILES string of the molecule is NCCCC[C@H](N)C[O-].[Na+]. The zero-order chi connectivity index (χ0) is 7.11. The van der Waals surface area contributed by atoms with Crippen molar-refractivity contribution in [3.63, 3.8) is 0 Å². The van der Waals surface area contributed by atoms with E-state index in [0.29, 0.717) is 6.54 Å². The molecule has 0 heterocycles. The fourth-order valence-corrected chi connectivity index (χ4v) is 0.634. The summed E-state index contributed by atoms with van der Waals surface area (Å²) in [5.74, 6) is 0. The predicted molar refractivity (Wildman–Crippen MR) is 35.7 cm³/mol. The van der Waals surface area contributed by atoms with E-state index in [1.165, 1.54) is 0 Å². The van der Waals surface area contributed by atoms with Crippen LogP contribution in [-0.2, 0) is 0 Å². The fraction of sp³-hybridized carbons (Fsp3) is 1.00. The molecule has 0 amide bonds. The minimum atomic E-state index is -0.162. The second kappa shape index (κ2) is 9.88. The van der Waals surface area contributed by atoms with Crippen molar-refractivity contribution in [3.05, 3.63) is 0 Å². The zero-order valence-electron chi connectivity index (χ0n) is 6.68. The van der Waals surface area contributed by atoms with Gasteiger partial charge in [0.1, 0.15) is 0 Å². The zero-order valence-corrected chi connectivity index (χ0v) is 8.68. The van der Waals surface area contributed by atoms with Gasteiger partial charge in [0.25, 0.3) is 0 Å². The molecule has 0 aromatic carbocycles. The number of hydrogen-bond donors (Lipinski definition) is 2. The van der Waals surface area contributed by atoms with Crippen LogP contribution < -0.4 is 46.1 Å². The minimum Gasteiger partial charge on any atom is -0.853 e. The molecule has 0 aliphatic carbocycles. The van der Waals surface area contributed by atoms with E-state index in [9.17, 15) is 5.11 Å². The van der Waals surface area contributed by atoms with Crippen molar-refractivity contribution in [1.29, 1.82) is 0 Å². The summed E-state index contributed by atoms with van der Waals surface area (Å²) >= 11 is 0. The van der Waals surface area contributed by atoms with E-state index in [1.54, 1.807) is 0 Å². The average Bonchev–Trinajstić information content (AvgIpc) is 1.89. The summed E-state index contributed by atoms with van der Waals surface area (Å²) in [7, 11) is 0. The molecule has 0 aliphatic heterocycles. The van der Waals surface area contributed by atoms with Crippen LogP contribution in [0.1, 0.15) is 19.3 Å². The van der Waals surface area contributed by atoms with Crippen LogP contribution in [-0.4, -0.2) is 19.2 Å². The van der Waals surface area contributed by atoms with Crippen molar-refractivity contribution in [2.45, 2.75) is 25.3 Å². The van der Waals surface area contributed by atoms with E-state index in [0.717, 1.165) is 19.3 Å². The fourth-order valence-electron chi connectivity index (χ4n) is 0.634. The average molecular weight is 154 g/mol. The maximum atomic E-state index is 10.1. The molecule has 0 unspecified atom stereocenters. The molecule has 4 heteroatoms. The van der Waals surface area contributed by atoms with Crippen LogP contribution in [0.3, 0.4) is 0 Å². The Morgan fingerprint density at radius 3 is 2.30 bits per heavy atom. The van der Waals surface area contributed by atoms with Gasteiger partial charge in [-0.05, 0) is 25.4 Å². The summed E-state index contributed by atoms with van der Waals surface area (Å²) in [6.45, 7) is 0.538. The normalized spacial score (nSPS) is 12.3. The van der Waals surface area contributed by atoms with Crippen LogP contribution in [0, 0.1) is 0 Å². The van der Waals surface area contributed by atoms with Crippen molar-refractivity contribution in [2.75, 3.05) is 13.2 Å². The Hall–Kier alpha value is 0.880. The molecule has 0 saturated heterocycles. The third kappa shape index (κ3) is 8.88. The summed E-state index contributed by atoms with van der Waals surface area (Å²) < 4.78 is 0. The van der Waals surface area contributed by atoms with Crippen molar-refractivity contribution in [3.8, 4) is 0 Å². The molecule has 10 heavy (non-hydrogen) atoms. The molecule has 0 aromatic heterocycles. The van der Waals surface area contributed by atoms with Crippen molar-refractivity contribution in [2.24, 2.45) is 11.5 Å². The molecule has 0 aliphatic rings. The van der Waals surface area contributed by atoms with Crippen LogP contribution in [0.25, 0.3) is 0 Å². The molecule has 0 saturated carbocycles. The molecule has 0 bridgehead atoms. The molecular weight excluding hydrogens is 139 g/mol. The van der Waals surface area contributed by atoms with Gasteiger partial charge in [-0.1, -0.05) is 6.42 Å². The number of unbranched alkanes of at least 4 members (excludes halogenated alkanes) is 1. The van der Waals surface area contributed by atoms with Crippen molar-refractivity contribution < 1.29 is 34.7 Å². The van der Waals surface area contributed by atoms with E-state index in [-0.39, 0.29) is 42.2 Å². The van der Waals surface area contributed by atoms with Gasteiger partial charge in [0, 0.05) is 0 Å². The van der Waals surface area contributed by atoms with Gasteiger partial charge in [-0.2, -0.15) is 0 Å². The summed E-state index contributed by atoms with van der Waals surface area (Å²) in [5.41, 5.74) is 10.6. The predicted octanol–water partition coefficient (Wildman–Crippen LogP) is -4.19.